The van der Waals surface area contributed by atoms with Gasteiger partial charge in [-0.1, -0.05) is 18.5 Å². The fourth-order valence-corrected chi connectivity index (χ4v) is 1.99. The van der Waals surface area contributed by atoms with Crippen LogP contribution in [0.5, 0.6) is 5.75 Å². The van der Waals surface area contributed by atoms with Gasteiger partial charge in [-0.05, 0) is 49.1 Å². The van der Waals surface area contributed by atoms with Crippen LogP contribution in [-0.4, -0.2) is 13.7 Å². The molecule has 0 spiro atoms. The van der Waals surface area contributed by atoms with Crippen molar-refractivity contribution in [2.75, 3.05) is 13.7 Å². The standard InChI is InChI=1S/C12H18ClNO/c1-3-9(6-7-14)11-8-10(13)4-5-12(11)15-2/h4-5,8-9H,3,6-7,14H2,1-2H3. The van der Waals surface area contributed by atoms with Crippen LogP contribution in [-0.2, 0) is 0 Å². The summed E-state index contributed by atoms with van der Waals surface area (Å²) in [6.45, 7) is 2.84. The molecule has 3 heteroatoms. The van der Waals surface area contributed by atoms with Crippen LogP contribution >= 0.6 is 11.6 Å². The van der Waals surface area contributed by atoms with E-state index in [0.29, 0.717) is 12.5 Å². The van der Waals surface area contributed by atoms with Crippen molar-refractivity contribution >= 4 is 11.6 Å². The second-order valence-electron chi connectivity index (χ2n) is 3.57. The monoisotopic (exact) mass is 227 g/mol. The Labute approximate surface area is 96.4 Å². The van der Waals surface area contributed by atoms with Crippen molar-refractivity contribution in [3.05, 3.63) is 28.8 Å². The third kappa shape index (κ3) is 3.11. The Kier molecular flexibility index (Phi) is 4.92. The van der Waals surface area contributed by atoms with Gasteiger partial charge in [0.2, 0.25) is 0 Å². The van der Waals surface area contributed by atoms with Crippen molar-refractivity contribution < 1.29 is 4.74 Å². The first-order valence-electron chi connectivity index (χ1n) is 5.26. The molecule has 84 valence electrons. The van der Waals surface area contributed by atoms with Gasteiger partial charge in [0.15, 0.2) is 0 Å². The average molecular weight is 228 g/mol. The highest BCUT2D eigenvalue weighted by Gasteiger charge is 2.14. The van der Waals surface area contributed by atoms with Crippen LogP contribution in [0.2, 0.25) is 5.02 Å². The summed E-state index contributed by atoms with van der Waals surface area (Å²) in [6.07, 6.45) is 2.01. The van der Waals surface area contributed by atoms with E-state index in [2.05, 4.69) is 6.92 Å². The molecule has 0 amide bonds. The summed E-state index contributed by atoms with van der Waals surface area (Å²) >= 11 is 5.99. The number of halogens is 1. The summed E-state index contributed by atoms with van der Waals surface area (Å²) in [4.78, 5) is 0. The molecule has 2 nitrogen and oxygen atoms in total. The molecule has 1 atom stereocenters. The van der Waals surface area contributed by atoms with Gasteiger partial charge in [0, 0.05) is 5.02 Å². The fourth-order valence-electron chi connectivity index (χ4n) is 1.80. The van der Waals surface area contributed by atoms with Gasteiger partial charge in [0.1, 0.15) is 5.75 Å². The average Bonchev–Trinajstić information content (AvgIpc) is 2.26. The van der Waals surface area contributed by atoms with Crippen LogP contribution in [0.1, 0.15) is 31.2 Å². The SMILES string of the molecule is CCC(CCN)c1cc(Cl)ccc1OC. The van der Waals surface area contributed by atoms with Gasteiger partial charge in [-0.2, -0.15) is 0 Å². The van der Waals surface area contributed by atoms with E-state index >= 15 is 0 Å². The highest BCUT2D eigenvalue weighted by atomic mass is 35.5. The van der Waals surface area contributed by atoms with E-state index in [1.807, 2.05) is 18.2 Å². The highest BCUT2D eigenvalue weighted by molar-refractivity contribution is 6.30. The minimum Gasteiger partial charge on any atom is -0.496 e. The normalized spacial score (nSPS) is 12.5. The Morgan fingerprint density at radius 3 is 2.73 bits per heavy atom. The van der Waals surface area contributed by atoms with Gasteiger partial charge in [-0.25, -0.2) is 0 Å². The lowest BCUT2D eigenvalue weighted by Crippen LogP contribution is -2.08. The van der Waals surface area contributed by atoms with Crippen LogP contribution in [0.15, 0.2) is 18.2 Å². The molecule has 1 aromatic carbocycles. The molecule has 0 saturated carbocycles. The van der Waals surface area contributed by atoms with Crippen molar-refractivity contribution in [2.24, 2.45) is 5.73 Å². The Balaban J connectivity index is 3.02. The lowest BCUT2D eigenvalue weighted by Gasteiger charge is -2.17. The van der Waals surface area contributed by atoms with Crippen LogP contribution < -0.4 is 10.5 Å². The van der Waals surface area contributed by atoms with Crippen molar-refractivity contribution in [2.45, 2.75) is 25.7 Å². The molecule has 0 aliphatic rings. The predicted octanol–water partition coefficient (Wildman–Crippen LogP) is 3.19. The number of hydrogen-bond acceptors (Lipinski definition) is 2. The number of rotatable bonds is 5. The van der Waals surface area contributed by atoms with Gasteiger partial charge in [0.25, 0.3) is 0 Å². The zero-order chi connectivity index (χ0) is 11.3. The third-order valence-corrected chi connectivity index (χ3v) is 2.87. The lowest BCUT2D eigenvalue weighted by molar-refractivity contribution is 0.403. The topological polar surface area (TPSA) is 35.2 Å². The molecule has 0 heterocycles. The summed E-state index contributed by atoms with van der Waals surface area (Å²) in [7, 11) is 1.68. The van der Waals surface area contributed by atoms with E-state index in [1.54, 1.807) is 7.11 Å². The molecule has 0 aromatic heterocycles. The van der Waals surface area contributed by atoms with E-state index in [1.165, 1.54) is 0 Å². The number of benzene rings is 1. The quantitative estimate of drug-likeness (QED) is 0.839. The first-order chi connectivity index (χ1) is 7.22. The zero-order valence-corrected chi connectivity index (χ0v) is 10.1. The molecule has 1 aromatic rings. The summed E-state index contributed by atoms with van der Waals surface area (Å²) in [5, 5.41) is 0.751. The first kappa shape index (κ1) is 12.3. The molecule has 2 N–H and O–H groups in total. The Hall–Kier alpha value is -0.730. The molecule has 15 heavy (non-hydrogen) atoms. The molecular formula is C12H18ClNO. The van der Waals surface area contributed by atoms with Crippen LogP contribution in [0, 0.1) is 0 Å². The molecule has 0 radical (unpaired) electrons. The minimum atomic E-state index is 0.434. The van der Waals surface area contributed by atoms with Crippen LogP contribution in [0.3, 0.4) is 0 Å². The summed E-state index contributed by atoms with van der Waals surface area (Å²) < 4.78 is 5.33. The Morgan fingerprint density at radius 1 is 1.47 bits per heavy atom. The smallest absolute Gasteiger partial charge is 0.122 e. The maximum absolute atomic E-state index is 5.99. The summed E-state index contributed by atoms with van der Waals surface area (Å²) in [6, 6.07) is 5.74. The zero-order valence-electron chi connectivity index (χ0n) is 9.29. The maximum atomic E-state index is 5.99. The van der Waals surface area contributed by atoms with Crippen molar-refractivity contribution in [3.8, 4) is 5.75 Å². The highest BCUT2D eigenvalue weighted by Crippen LogP contribution is 2.33. The second kappa shape index (κ2) is 5.99. The molecule has 1 rings (SSSR count). The molecule has 1 unspecified atom stereocenters. The fraction of sp³-hybridized carbons (Fsp3) is 0.500. The third-order valence-electron chi connectivity index (χ3n) is 2.64. The Morgan fingerprint density at radius 2 is 2.20 bits per heavy atom. The van der Waals surface area contributed by atoms with E-state index in [0.717, 1.165) is 29.2 Å². The molecule has 0 fully saturated rings. The molecular weight excluding hydrogens is 210 g/mol. The van der Waals surface area contributed by atoms with Gasteiger partial charge < -0.3 is 10.5 Å². The molecule has 0 aliphatic heterocycles. The van der Waals surface area contributed by atoms with Crippen molar-refractivity contribution in [1.29, 1.82) is 0 Å². The van der Waals surface area contributed by atoms with Crippen molar-refractivity contribution in [3.63, 3.8) is 0 Å². The van der Waals surface area contributed by atoms with Gasteiger partial charge in [-0.15, -0.1) is 0 Å². The van der Waals surface area contributed by atoms with E-state index in [-0.39, 0.29) is 0 Å². The summed E-state index contributed by atoms with van der Waals surface area (Å²) in [5.74, 6) is 1.34. The second-order valence-corrected chi connectivity index (χ2v) is 4.01. The molecule has 0 aliphatic carbocycles. The van der Waals surface area contributed by atoms with Gasteiger partial charge in [0.05, 0.1) is 7.11 Å². The number of methoxy groups -OCH3 is 1. The van der Waals surface area contributed by atoms with Crippen LogP contribution in [0.4, 0.5) is 0 Å². The first-order valence-corrected chi connectivity index (χ1v) is 5.64. The van der Waals surface area contributed by atoms with E-state index < -0.39 is 0 Å². The van der Waals surface area contributed by atoms with Crippen molar-refractivity contribution in [1.82, 2.24) is 0 Å². The number of nitrogens with two attached hydrogens (primary N) is 1. The lowest BCUT2D eigenvalue weighted by atomic mass is 9.92. The van der Waals surface area contributed by atoms with Gasteiger partial charge >= 0.3 is 0 Å². The van der Waals surface area contributed by atoms with Gasteiger partial charge in [-0.3, -0.25) is 0 Å². The largest absolute Gasteiger partial charge is 0.496 e. The number of hydrogen-bond donors (Lipinski definition) is 1. The Bertz CT molecular complexity index is 314. The summed E-state index contributed by atoms with van der Waals surface area (Å²) in [5.41, 5.74) is 6.76. The molecule has 0 bridgehead atoms. The number of ether oxygens (including phenoxy) is 1. The maximum Gasteiger partial charge on any atom is 0.122 e. The predicted molar refractivity (Wildman–Crippen MR) is 64.7 cm³/mol. The van der Waals surface area contributed by atoms with E-state index in [4.69, 9.17) is 22.1 Å². The van der Waals surface area contributed by atoms with Crippen LogP contribution in [0.25, 0.3) is 0 Å². The molecule has 0 saturated heterocycles. The van der Waals surface area contributed by atoms with E-state index in [9.17, 15) is 0 Å². The minimum absolute atomic E-state index is 0.434.